The summed E-state index contributed by atoms with van der Waals surface area (Å²) in [5, 5.41) is 7.37. The van der Waals surface area contributed by atoms with Gasteiger partial charge in [0.25, 0.3) is 5.91 Å². The highest BCUT2D eigenvalue weighted by Gasteiger charge is 1.96. The molecular formula is C9H6N4O. The van der Waals surface area contributed by atoms with Crippen LogP contribution in [0.3, 0.4) is 0 Å². The second kappa shape index (κ2) is 3.18. The lowest BCUT2D eigenvalue weighted by molar-refractivity contribution is -0.112. The largest absolute Gasteiger partial charge is 0.359 e. The minimum atomic E-state index is -0.655. The molecule has 0 fully saturated rings. The number of carbonyl (C=O) groups is 1. The predicted octanol–water partition coefficient (Wildman–Crippen LogP) is -0.205. The Morgan fingerprint density at radius 1 is 1.50 bits per heavy atom. The summed E-state index contributed by atoms with van der Waals surface area (Å²) in [6.45, 7) is 0. The summed E-state index contributed by atoms with van der Waals surface area (Å²) in [5.74, 6) is 4.18. The van der Waals surface area contributed by atoms with Crippen molar-refractivity contribution in [1.82, 2.24) is 15.2 Å². The lowest BCUT2D eigenvalue weighted by Gasteiger charge is -1.88. The van der Waals surface area contributed by atoms with Gasteiger partial charge in [-0.25, -0.2) is 4.98 Å². The minimum Gasteiger partial charge on any atom is -0.359 e. The summed E-state index contributed by atoms with van der Waals surface area (Å²) >= 11 is 0. The molecule has 0 spiro atoms. The van der Waals surface area contributed by atoms with Crippen LogP contribution in [0, 0.1) is 11.8 Å². The number of carbonyl (C=O) groups excluding carboxylic acids is 1. The van der Waals surface area contributed by atoms with E-state index in [1.165, 1.54) is 0 Å². The highest BCUT2D eigenvalue weighted by atomic mass is 16.1. The van der Waals surface area contributed by atoms with E-state index in [4.69, 9.17) is 5.73 Å². The fraction of sp³-hybridized carbons (Fsp3) is 0. The van der Waals surface area contributed by atoms with Crippen molar-refractivity contribution >= 4 is 16.9 Å². The van der Waals surface area contributed by atoms with E-state index in [2.05, 4.69) is 27.0 Å². The number of nitrogens with zero attached hydrogens (tertiary/aromatic N) is 2. The van der Waals surface area contributed by atoms with Crippen LogP contribution in [-0.2, 0) is 4.79 Å². The Balaban J connectivity index is 2.45. The SMILES string of the molecule is NC(=O)C#Cc1cnc2[nH]ncc2c1. The lowest BCUT2D eigenvalue weighted by Crippen LogP contribution is -2.06. The van der Waals surface area contributed by atoms with Crippen LogP contribution in [0.5, 0.6) is 0 Å². The highest BCUT2D eigenvalue weighted by Crippen LogP contribution is 2.08. The van der Waals surface area contributed by atoms with E-state index in [1.807, 2.05) is 0 Å². The monoisotopic (exact) mass is 186 g/mol. The third-order valence-electron chi connectivity index (χ3n) is 1.62. The molecule has 2 aromatic rings. The third-order valence-corrected chi connectivity index (χ3v) is 1.62. The van der Waals surface area contributed by atoms with Gasteiger partial charge in [0.05, 0.1) is 6.20 Å². The van der Waals surface area contributed by atoms with Gasteiger partial charge in [0.1, 0.15) is 0 Å². The number of amides is 1. The van der Waals surface area contributed by atoms with Crippen LogP contribution in [0.15, 0.2) is 18.5 Å². The summed E-state index contributed by atoms with van der Waals surface area (Å²) < 4.78 is 0. The van der Waals surface area contributed by atoms with Gasteiger partial charge in [0.15, 0.2) is 5.65 Å². The lowest BCUT2D eigenvalue weighted by atomic mass is 10.2. The molecule has 0 bridgehead atoms. The van der Waals surface area contributed by atoms with Gasteiger partial charge in [-0.2, -0.15) is 5.10 Å². The zero-order chi connectivity index (χ0) is 9.97. The van der Waals surface area contributed by atoms with Gasteiger partial charge in [-0.1, -0.05) is 5.92 Å². The number of aromatic nitrogens is 3. The number of nitrogens with two attached hydrogens (primary N) is 1. The van der Waals surface area contributed by atoms with Crippen LogP contribution in [0.2, 0.25) is 0 Å². The van der Waals surface area contributed by atoms with Crippen LogP contribution in [0.1, 0.15) is 5.56 Å². The van der Waals surface area contributed by atoms with Crippen molar-refractivity contribution in [3.63, 3.8) is 0 Å². The normalized spacial score (nSPS) is 9.43. The highest BCUT2D eigenvalue weighted by molar-refractivity contribution is 5.92. The molecular weight excluding hydrogens is 180 g/mol. The number of hydrogen-bond donors (Lipinski definition) is 2. The molecule has 0 radical (unpaired) electrons. The fourth-order valence-electron chi connectivity index (χ4n) is 1.04. The summed E-state index contributed by atoms with van der Waals surface area (Å²) in [7, 11) is 0. The van der Waals surface area contributed by atoms with Gasteiger partial charge in [-0.05, 0) is 6.07 Å². The Morgan fingerprint density at radius 3 is 3.14 bits per heavy atom. The average molecular weight is 186 g/mol. The van der Waals surface area contributed by atoms with Crippen LogP contribution in [0.4, 0.5) is 0 Å². The van der Waals surface area contributed by atoms with E-state index in [9.17, 15) is 4.79 Å². The number of fused-ring (bicyclic) bond motifs is 1. The van der Waals surface area contributed by atoms with Gasteiger partial charge in [-0.15, -0.1) is 0 Å². The Labute approximate surface area is 79.3 Å². The van der Waals surface area contributed by atoms with Crippen LogP contribution in [0.25, 0.3) is 11.0 Å². The second-order valence-electron chi connectivity index (χ2n) is 2.65. The molecule has 0 aliphatic heterocycles. The number of pyridine rings is 1. The molecule has 3 N–H and O–H groups in total. The molecule has 68 valence electrons. The summed E-state index contributed by atoms with van der Waals surface area (Å²) in [4.78, 5) is 14.4. The molecule has 0 aliphatic carbocycles. The van der Waals surface area contributed by atoms with Crippen molar-refractivity contribution in [2.75, 3.05) is 0 Å². The minimum absolute atomic E-state index is 0.637. The first kappa shape index (κ1) is 8.26. The molecule has 2 rings (SSSR count). The smallest absolute Gasteiger partial charge is 0.293 e. The van der Waals surface area contributed by atoms with Crippen molar-refractivity contribution in [2.24, 2.45) is 5.73 Å². The topological polar surface area (TPSA) is 84.7 Å². The predicted molar refractivity (Wildman–Crippen MR) is 50.0 cm³/mol. The van der Waals surface area contributed by atoms with E-state index in [0.717, 1.165) is 5.39 Å². The maximum Gasteiger partial charge on any atom is 0.293 e. The number of hydrogen-bond acceptors (Lipinski definition) is 3. The number of H-pyrrole nitrogens is 1. The first-order chi connectivity index (χ1) is 6.75. The molecule has 14 heavy (non-hydrogen) atoms. The van der Waals surface area contributed by atoms with Gasteiger partial charge in [-0.3, -0.25) is 9.89 Å². The molecule has 5 nitrogen and oxygen atoms in total. The average Bonchev–Trinajstić information content (AvgIpc) is 2.61. The molecule has 0 unspecified atom stereocenters. The molecule has 0 saturated carbocycles. The van der Waals surface area contributed by atoms with Crippen LogP contribution < -0.4 is 5.73 Å². The van der Waals surface area contributed by atoms with E-state index in [1.54, 1.807) is 18.5 Å². The number of primary amides is 1. The van der Waals surface area contributed by atoms with Crippen molar-refractivity contribution in [2.45, 2.75) is 0 Å². The molecule has 1 amide bonds. The number of nitrogens with one attached hydrogen (secondary N) is 1. The molecule has 5 heteroatoms. The zero-order valence-electron chi connectivity index (χ0n) is 7.11. The van der Waals surface area contributed by atoms with E-state index in [0.29, 0.717) is 11.2 Å². The quantitative estimate of drug-likeness (QED) is 0.558. The molecule has 0 saturated heterocycles. The molecule has 0 aliphatic rings. The molecule has 2 aromatic heterocycles. The molecule has 0 atom stereocenters. The Hall–Kier alpha value is -2.35. The van der Waals surface area contributed by atoms with E-state index < -0.39 is 5.91 Å². The summed E-state index contributed by atoms with van der Waals surface area (Å²) in [5.41, 5.74) is 6.21. The maximum absolute atomic E-state index is 10.4. The van der Waals surface area contributed by atoms with E-state index in [-0.39, 0.29) is 0 Å². The van der Waals surface area contributed by atoms with Crippen molar-refractivity contribution in [1.29, 1.82) is 0 Å². The third kappa shape index (κ3) is 1.54. The summed E-state index contributed by atoms with van der Waals surface area (Å²) in [6.07, 6.45) is 3.19. The Morgan fingerprint density at radius 2 is 2.36 bits per heavy atom. The Bertz CT molecular complexity index is 546. The zero-order valence-corrected chi connectivity index (χ0v) is 7.11. The van der Waals surface area contributed by atoms with Gasteiger partial charge >= 0.3 is 0 Å². The van der Waals surface area contributed by atoms with Crippen molar-refractivity contribution < 1.29 is 4.79 Å². The van der Waals surface area contributed by atoms with Crippen molar-refractivity contribution in [3.05, 3.63) is 24.0 Å². The second-order valence-corrected chi connectivity index (χ2v) is 2.65. The molecule has 2 heterocycles. The van der Waals surface area contributed by atoms with Gasteiger partial charge in [0, 0.05) is 23.1 Å². The maximum atomic E-state index is 10.4. The van der Waals surface area contributed by atoms with Gasteiger partial charge < -0.3 is 5.73 Å². The van der Waals surface area contributed by atoms with E-state index >= 15 is 0 Å². The van der Waals surface area contributed by atoms with Crippen LogP contribution in [-0.4, -0.2) is 21.1 Å². The standard InChI is InChI=1S/C9H6N4O/c10-8(14)2-1-6-3-7-5-12-13-9(7)11-4-6/h3-5H,(H2,10,14)(H,11,12,13). The van der Waals surface area contributed by atoms with Crippen LogP contribution >= 0.6 is 0 Å². The first-order valence-electron chi connectivity index (χ1n) is 3.86. The number of rotatable bonds is 0. The van der Waals surface area contributed by atoms with Gasteiger partial charge in [0.2, 0.25) is 0 Å². The summed E-state index contributed by atoms with van der Waals surface area (Å²) in [6, 6.07) is 1.78. The fourth-order valence-corrected chi connectivity index (χ4v) is 1.04. The Kier molecular flexibility index (Phi) is 1.88. The number of aromatic amines is 1. The molecule has 0 aromatic carbocycles. The van der Waals surface area contributed by atoms with Crippen molar-refractivity contribution in [3.8, 4) is 11.8 Å². The first-order valence-corrected chi connectivity index (χ1v) is 3.86.